The predicted molar refractivity (Wildman–Crippen MR) is 211 cm³/mol. The molecule has 3 nitrogen and oxygen atoms in total. The summed E-state index contributed by atoms with van der Waals surface area (Å²) in [5, 5.41) is 12.2. The van der Waals surface area contributed by atoms with Crippen LogP contribution in [0.4, 0.5) is 0 Å². The Bertz CT molecular complexity index is 2620. The van der Waals surface area contributed by atoms with Crippen LogP contribution in [0, 0.1) is 11.3 Å². The quantitative estimate of drug-likeness (QED) is 0.187. The summed E-state index contributed by atoms with van der Waals surface area (Å²) in [6, 6.07) is 52.1. The molecule has 1 saturated carbocycles. The van der Waals surface area contributed by atoms with Gasteiger partial charge in [0, 0.05) is 42.3 Å². The molecule has 1 spiro atoms. The summed E-state index contributed by atoms with van der Waals surface area (Å²) in [6.45, 7) is 0. The molecule has 0 unspecified atom stereocenters. The third-order valence-corrected chi connectivity index (χ3v) is 12.4. The minimum absolute atomic E-state index is 0.0374. The van der Waals surface area contributed by atoms with Crippen molar-refractivity contribution in [1.82, 2.24) is 9.97 Å². The van der Waals surface area contributed by atoms with E-state index in [0.29, 0.717) is 0 Å². The normalized spacial score (nSPS) is 14.4. The van der Waals surface area contributed by atoms with E-state index in [2.05, 4.69) is 115 Å². The molecule has 0 N–H and O–H groups in total. The topological polar surface area (TPSA) is 49.6 Å². The van der Waals surface area contributed by atoms with Gasteiger partial charge in [-0.2, -0.15) is 5.26 Å². The van der Waals surface area contributed by atoms with E-state index in [1.165, 1.54) is 85.7 Å². The van der Waals surface area contributed by atoms with Crippen molar-refractivity contribution in [1.29, 1.82) is 5.26 Å². The number of benzene rings is 6. The Labute approximate surface area is 301 Å². The van der Waals surface area contributed by atoms with Crippen molar-refractivity contribution in [3.8, 4) is 62.2 Å². The first-order chi connectivity index (χ1) is 25.2. The fourth-order valence-electron chi connectivity index (χ4n) is 8.69. The third-order valence-electron chi connectivity index (χ3n) is 11.1. The van der Waals surface area contributed by atoms with Crippen LogP contribution in [0.15, 0.2) is 140 Å². The van der Waals surface area contributed by atoms with Gasteiger partial charge >= 0.3 is 0 Å². The third kappa shape index (κ3) is 4.84. The van der Waals surface area contributed by atoms with Crippen molar-refractivity contribution in [3.63, 3.8) is 0 Å². The standard InChI is InChI=1S/C47H33N3S/c48-29-30-17-21-40-38(25-30)35-20-18-34(27-41(35)47(40)23-8-3-9-24-47)33-19-22-44-39(26-33)36-15-10-16-37(45(36)51-44)43-28-42(31-11-4-1-5-12-31)49-46(50-43)32-13-6-2-7-14-32/h1-2,4-7,10-22,25-28H,3,8-9,23-24H2. The van der Waals surface area contributed by atoms with Crippen LogP contribution in [0.2, 0.25) is 0 Å². The number of rotatable bonds is 4. The van der Waals surface area contributed by atoms with Gasteiger partial charge in [-0.15, -0.1) is 11.3 Å². The zero-order chi connectivity index (χ0) is 33.9. The second-order valence-corrected chi connectivity index (χ2v) is 15.0. The van der Waals surface area contributed by atoms with Gasteiger partial charge in [0.15, 0.2) is 5.82 Å². The molecule has 0 aliphatic heterocycles. The molecule has 2 aliphatic carbocycles. The first kappa shape index (κ1) is 30.0. The molecule has 51 heavy (non-hydrogen) atoms. The molecular formula is C47H33N3S. The SMILES string of the molecule is N#Cc1ccc2c(c1)-c1ccc(-c3ccc4sc5c(-c6cc(-c7ccccc7)nc(-c7ccccc7)n6)cccc5c4c3)cc1C21CCCCC1. The Morgan fingerprint density at radius 3 is 2.08 bits per heavy atom. The lowest BCUT2D eigenvalue weighted by Crippen LogP contribution is -2.28. The maximum absolute atomic E-state index is 9.70. The number of thiophene rings is 1. The summed E-state index contributed by atoms with van der Waals surface area (Å²) in [6.07, 6.45) is 6.11. The van der Waals surface area contributed by atoms with E-state index in [9.17, 15) is 5.26 Å². The van der Waals surface area contributed by atoms with E-state index in [4.69, 9.17) is 9.97 Å². The highest BCUT2D eigenvalue weighted by molar-refractivity contribution is 7.26. The molecule has 8 aromatic rings. The monoisotopic (exact) mass is 671 g/mol. The number of fused-ring (bicyclic) bond motifs is 8. The fraction of sp³-hybridized carbons (Fsp3) is 0.128. The average Bonchev–Trinajstić information content (AvgIpc) is 3.70. The molecule has 0 amide bonds. The van der Waals surface area contributed by atoms with Gasteiger partial charge in [0.25, 0.3) is 0 Å². The summed E-state index contributed by atoms with van der Waals surface area (Å²) in [5.74, 6) is 0.727. The fourth-order valence-corrected chi connectivity index (χ4v) is 9.89. The molecule has 2 aromatic heterocycles. The smallest absolute Gasteiger partial charge is 0.160 e. The largest absolute Gasteiger partial charge is 0.228 e. The minimum atomic E-state index is 0.0374. The maximum Gasteiger partial charge on any atom is 0.160 e. The van der Waals surface area contributed by atoms with Gasteiger partial charge in [-0.3, -0.25) is 0 Å². The second kappa shape index (κ2) is 11.9. The van der Waals surface area contributed by atoms with E-state index in [-0.39, 0.29) is 5.41 Å². The first-order valence-corrected chi connectivity index (χ1v) is 18.7. The molecular weight excluding hydrogens is 639 g/mol. The summed E-state index contributed by atoms with van der Waals surface area (Å²) in [7, 11) is 0. The number of nitriles is 1. The zero-order valence-corrected chi connectivity index (χ0v) is 28.9. The lowest BCUT2D eigenvalue weighted by atomic mass is 9.67. The number of aromatic nitrogens is 2. The van der Waals surface area contributed by atoms with Gasteiger partial charge in [-0.05, 0) is 82.6 Å². The Balaban J connectivity index is 1.10. The lowest BCUT2D eigenvalue weighted by molar-refractivity contribution is 0.353. The van der Waals surface area contributed by atoms with Gasteiger partial charge in [-0.25, -0.2) is 9.97 Å². The van der Waals surface area contributed by atoms with Gasteiger partial charge in [-0.1, -0.05) is 122 Å². The Morgan fingerprint density at radius 1 is 0.529 bits per heavy atom. The molecule has 0 saturated heterocycles. The highest BCUT2D eigenvalue weighted by Gasteiger charge is 2.43. The van der Waals surface area contributed by atoms with Gasteiger partial charge in [0.2, 0.25) is 0 Å². The molecule has 4 heteroatoms. The Kier molecular flexibility index (Phi) is 6.98. The first-order valence-electron chi connectivity index (χ1n) is 17.8. The van der Waals surface area contributed by atoms with Crippen LogP contribution in [-0.2, 0) is 5.41 Å². The van der Waals surface area contributed by atoms with Crippen LogP contribution in [0.3, 0.4) is 0 Å². The molecule has 1 fully saturated rings. The van der Waals surface area contributed by atoms with Crippen molar-refractivity contribution in [2.45, 2.75) is 37.5 Å². The zero-order valence-electron chi connectivity index (χ0n) is 28.1. The van der Waals surface area contributed by atoms with Gasteiger partial charge in [0.1, 0.15) is 0 Å². The minimum Gasteiger partial charge on any atom is -0.228 e. The average molecular weight is 672 g/mol. The van der Waals surface area contributed by atoms with Crippen LogP contribution < -0.4 is 0 Å². The Morgan fingerprint density at radius 2 is 1.27 bits per heavy atom. The molecule has 2 heterocycles. The molecule has 0 bridgehead atoms. The summed E-state index contributed by atoms with van der Waals surface area (Å²) in [5.41, 5.74) is 13.7. The predicted octanol–water partition coefficient (Wildman–Crippen LogP) is 12.6. The molecule has 10 rings (SSSR count). The summed E-state index contributed by atoms with van der Waals surface area (Å²) < 4.78 is 2.50. The highest BCUT2D eigenvalue weighted by Crippen LogP contribution is 2.56. The number of nitrogens with zero attached hydrogens (tertiary/aromatic N) is 3. The van der Waals surface area contributed by atoms with E-state index < -0.39 is 0 Å². The van der Waals surface area contributed by atoms with Crippen LogP contribution in [0.5, 0.6) is 0 Å². The van der Waals surface area contributed by atoms with Crippen LogP contribution in [0.25, 0.3) is 76.3 Å². The van der Waals surface area contributed by atoms with E-state index in [1.54, 1.807) is 0 Å². The van der Waals surface area contributed by atoms with E-state index >= 15 is 0 Å². The molecule has 242 valence electrons. The van der Waals surface area contributed by atoms with Crippen molar-refractivity contribution in [3.05, 3.63) is 156 Å². The summed E-state index contributed by atoms with van der Waals surface area (Å²) >= 11 is 1.84. The molecule has 0 radical (unpaired) electrons. The number of hydrogen-bond donors (Lipinski definition) is 0. The van der Waals surface area contributed by atoms with E-state index in [1.807, 2.05) is 41.7 Å². The molecule has 0 atom stereocenters. The maximum atomic E-state index is 9.70. The van der Waals surface area contributed by atoms with Gasteiger partial charge in [0.05, 0.1) is 23.0 Å². The van der Waals surface area contributed by atoms with Crippen molar-refractivity contribution in [2.24, 2.45) is 0 Å². The number of hydrogen-bond acceptors (Lipinski definition) is 4. The second-order valence-electron chi connectivity index (χ2n) is 14.0. The van der Waals surface area contributed by atoms with Gasteiger partial charge < -0.3 is 0 Å². The Hall–Kier alpha value is -5.89. The van der Waals surface area contributed by atoms with Crippen molar-refractivity contribution >= 4 is 31.5 Å². The van der Waals surface area contributed by atoms with Crippen molar-refractivity contribution < 1.29 is 0 Å². The van der Waals surface area contributed by atoms with E-state index in [0.717, 1.165) is 39.5 Å². The molecule has 6 aromatic carbocycles. The van der Waals surface area contributed by atoms with Crippen LogP contribution >= 0.6 is 11.3 Å². The lowest BCUT2D eigenvalue weighted by Gasteiger charge is -2.36. The highest BCUT2D eigenvalue weighted by atomic mass is 32.1. The van der Waals surface area contributed by atoms with Crippen molar-refractivity contribution in [2.75, 3.05) is 0 Å². The molecule has 2 aliphatic rings. The van der Waals surface area contributed by atoms with Crippen LogP contribution in [-0.4, -0.2) is 9.97 Å². The van der Waals surface area contributed by atoms with Crippen LogP contribution in [0.1, 0.15) is 48.8 Å². The summed E-state index contributed by atoms with van der Waals surface area (Å²) in [4.78, 5) is 10.2.